The molecule has 0 spiro atoms. The summed E-state index contributed by atoms with van der Waals surface area (Å²) in [6.45, 7) is 4.19. The summed E-state index contributed by atoms with van der Waals surface area (Å²) in [6.07, 6.45) is -5.09. The minimum atomic E-state index is -1.29. The Morgan fingerprint density at radius 2 is 1.45 bits per heavy atom. The lowest BCUT2D eigenvalue weighted by atomic mass is 9.99. The molecule has 0 aromatic carbocycles. The van der Waals surface area contributed by atoms with E-state index in [-0.39, 0.29) is 18.1 Å². The first-order chi connectivity index (χ1) is 13.5. The number of hydrogen-bond donors (Lipinski definition) is 1. The molecule has 29 heavy (non-hydrogen) atoms. The van der Waals surface area contributed by atoms with Crippen LogP contribution in [0.3, 0.4) is 0 Å². The maximum Gasteiger partial charge on any atom is 0.303 e. The highest BCUT2D eigenvalue weighted by molar-refractivity contribution is 8.14. The first-order valence-corrected chi connectivity index (χ1v) is 9.34. The van der Waals surface area contributed by atoms with Gasteiger partial charge in [-0.2, -0.15) is 5.26 Å². The van der Waals surface area contributed by atoms with Gasteiger partial charge in [0.15, 0.2) is 18.3 Å². The molecule has 0 amide bonds. The summed E-state index contributed by atoms with van der Waals surface area (Å²) in [6, 6.07) is 1.81. The highest BCUT2D eigenvalue weighted by Crippen LogP contribution is 2.35. The zero-order valence-corrected chi connectivity index (χ0v) is 17.1. The van der Waals surface area contributed by atoms with E-state index in [1.165, 1.54) is 6.92 Å². The largest absolute Gasteiger partial charge is 0.463 e. The predicted molar refractivity (Wildman–Crippen MR) is 97.5 cm³/mol. The van der Waals surface area contributed by atoms with E-state index in [0.717, 1.165) is 32.5 Å². The fourth-order valence-electron chi connectivity index (χ4n) is 2.54. The second-order valence-corrected chi connectivity index (χ2v) is 7.14. The lowest BCUT2D eigenvalue weighted by Crippen LogP contribution is -2.61. The van der Waals surface area contributed by atoms with Crippen LogP contribution in [-0.4, -0.2) is 65.4 Å². The van der Waals surface area contributed by atoms with Crippen LogP contribution >= 0.6 is 11.8 Å². The molecule has 0 bridgehead atoms. The molecule has 1 rings (SSSR count). The van der Waals surface area contributed by atoms with Gasteiger partial charge in [0.1, 0.15) is 18.1 Å². The number of esters is 4. The predicted octanol–water partition coefficient (Wildman–Crippen LogP) is 0.694. The number of nitrogens with zero attached hydrogens (tertiary/aromatic N) is 1. The molecule has 0 aromatic rings. The van der Waals surface area contributed by atoms with Crippen LogP contribution in [0.2, 0.25) is 0 Å². The third-order valence-corrected chi connectivity index (χ3v) is 4.49. The number of carbonyl (C=O) groups is 4. The summed E-state index contributed by atoms with van der Waals surface area (Å²) in [7, 11) is 0. The average molecular weight is 430 g/mol. The molecule has 160 valence electrons. The summed E-state index contributed by atoms with van der Waals surface area (Å²) in [5.74, 6) is -2.82. The van der Waals surface area contributed by atoms with E-state index in [2.05, 4.69) is 0 Å². The number of thioether (sulfide) groups is 1. The maximum absolute atomic E-state index is 11.7. The normalized spacial score (nSPS) is 25.8. The standard InChI is InChI=1S/C17H22N2O9S/c1-8(20)24-7-12-14(25-9(2)21)15(26-10(3)22)16(27-11(4)23)17(28-12)29-13(19)5-6-18/h12,14-17,19H,5,7H2,1-4H3/t12-,14-,15+,16-,17+/m1/s1. The van der Waals surface area contributed by atoms with Gasteiger partial charge in [0.05, 0.1) is 17.5 Å². The molecule has 1 N–H and O–H groups in total. The molecule has 1 aliphatic heterocycles. The first kappa shape index (κ1) is 24.4. The van der Waals surface area contributed by atoms with Gasteiger partial charge in [-0.3, -0.25) is 24.6 Å². The van der Waals surface area contributed by atoms with Gasteiger partial charge < -0.3 is 23.7 Å². The van der Waals surface area contributed by atoms with E-state index in [1.54, 1.807) is 0 Å². The van der Waals surface area contributed by atoms with E-state index < -0.39 is 53.7 Å². The fraction of sp³-hybridized carbons (Fsp3) is 0.647. The van der Waals surface area contributed by atoms with E-state index >= 15 is 0 Å². The van der Waals surface area contributed by atoms with Crippen LogP contribution in [0.1, 0.15) is 34.1 Å². The molecule has 1 fully saturated rings. The van der Waals surface area contributed by atoms with E-state index in [0.29, 0.717) is 0 Å². The fourth-order valence-corrected chi connectivity index (χ4v) is 3.51. The van der Waals surface area contributed by atoms with Crippen LogP contribution in [0, 0.1) is 16.7 Å². The van der Waals surface area contributed by atoms with Crippen LogP contribution in [-0.2, 0) is 42.9 Å². The third-order valence-electron chi connectivity index (χ3n) is 3.45. The van der Waals surface area contributed by atoms with Gasteiger partial charge in [0.2, 0.25) is 0 Å². The van der Waals surface area contributed by atoms with Crippen molar-refractivity contribution in [3.63, 3.8) is 0 Å². The molecule has 1 saturated heterocycles. The number of hydrogen-bond acceptors (Lipinski definition) is 12. The molecular weight excluding hydrogens is 408 g/mol. The van der Waals surface area contributed by atoms with E-state index in [9.17, 15) is 19.2 Å². The quantitative estimate of drug-likeness (QED) is 0.262. The van der Waals surface area contributed by atoms with Crippen molar-refractivity contribution in [2.45, 2.75) is 64.0 Å². The van der Waals surface area contributed by atoms with Crippen molar-refractivity contribution in [3.05, 3.63) is 0 Å². The summed E-state index contributed by atoms with van der Waals surface area (Å²) >= 11 is 0.774. The minimum Gasteiger partial charge on any atom is -0.463 e. The number of rotatable bonds is 7. The molecule has 12 heteroatoms. The highest BCUT2D eigenvalue weighted by atomic mass is 32.2. The smallest absolute Gasteiger partial charge is 0.303 e. The Labute approximate surface area is 171 Å². The van der Waals surface area contributed by atoms with Crippen molar-refractivity contribution in [1.82, 2.24) is 0 Å². The van der Waals surface area contributed by atoms with Gasteiger partial charge in [-0.05, 0) is 0 Å². The summed E-state index contributed by atoms with van der Waals surface area (Å²) in [5, 5.41) is 16.5. The van der Waals surface area contributed by atoms with Crippen molar-refractivity contribution in [3.8, 4) is 6.07 Å². The summed E-state index contributed by atoms with van der Waals surface area (Å²) < 4.78 is 26.5. The van der Waals surface area contributed by atoms with Gasteiger partial charge in [0, 0.05) is 27.7 Å². The van der Waals surface area contributed by atoms with Crippen molar-refractivity contribution in [2.75, 3.05) is 6.61 Å². The van der Waals surface area contributed by atoms with Crippen molar-refractivity contribution in [2.24, 2.45) is 0 Å². The zero-order valence-electron chi connectivity index (χ0n) is 16.3. The lowest BCUT2D eigenvalue weighted by molar-refractivity contribution is -0.237. The first-order valence-electron chi connectivity index (χ1n) is 8.46. The molecule has 1 aliphatic rings. The molecule has 0 aromatic heterocycles. The van der Waals surface area contributed by atoms with Crippen LogP contribution < -0.4 is 0 Å². The van der Waals surface area contributed by atoms with Crippen LogP contribution in [0.25, 0.3) is 0 Å². The highest BCUT2D eigenvalue weighted by Gasteiger charge is 2.52. The summed E-state index contributed by atoms with van der Waals surface area (Å²) in [5.41, 5.74) is -1.09. The number of carbonyl (C=O) groups excluding carboxylic acids is 4. The zero-order chi connectivity index (χ0) is 22.1. The Morgan fingerprint density at radius 1 is 0.931 bits per heavy atom. The van der Waals surface area contributed by atoms with Crippen LogP contribution in [0.4, 0.5) is 0 Å². The second-order valence-electron chi connectivity index (χ2n) is 5.94. The number of nitrogens with one attached hydrogen (secondary N) is 1. The molecule has 11 nitrogen and oxygen atoms in total. The Hall–Kier alpha value is -2.65. The second kappa shape index (κ2) is 11.4. The lowest BCUT2D eigenvalue weighted by Gasteiger charge is -2.44. The number of ether oxygens (including phenoxy) is 5. The Morgan fingerprint density at radius 3 is 1.93 bits per heavy atom. The molecule has 0 saturated carbocycles. The SMILES string of the molecule is CC(=O)OC[C@H]1O[C@@H](SC(=N)CC#N)[C@H](OC(C)=O)[C@@H](OC(C)=O)[C@@H]1OC(C)=O. The van der Waals surface area contributed by atoms with Crippen molar-refractivity contribution >= 4 is 40.7 Å². The van der Waals surface area contributed by atoms with E-state index in [1.807, 2.05) is 6.07 Å². The Bertz CT molecular complexity index is 706. The average Bonchev–Trinajstić information content (AvgIpc) is 2.57. The van der Waals surface area contributed by atoms with Crippen LogP contribution in [0.15, 0.2) is 0 Å². The Balaban J connectivity index is 3.32. The third kappa shape index (κ3) is 8.08. The molecule has 5 atom stereocenters. The van der Waals surface area contributed by atoms with Gasteiger partial charge in [-0.25, -0.2) is 0 Å². The number of nitriles is 1. The molecular formula is C17H22N2O9S. The van der Waals surface area contributed by atoms with Gasteiger partial charge >= 0.3 is 23.9 Å². The molecule has 0 radical (unpaired) electrons. The summed E-state index contributed by atoms with van der Waals surface area (Å²) in [4.78, 5) is 46.1. The van der Waals surface area contributed by atoms with E-state index in [4.69, 9.17) is 34.4 Å². The molecule has 1 heterocycles. The van der Waals surface area contributed by atoms with Gasteiger partial charge in [-0.1, -0.05) is 11.8 Å². The van der Waals surface area contributed by atoms with Crippen molar-refractivity contribution in [1.29, 1.82) is 10.7 Å². The Kier molecular flexibility index (Phi) is 9.57. The van der Waals surface area contributed by atoms with Gasteiger partial charge in [-0.15, -0.1) is 0 Å². The minimum absolute atomic E-state index is 0.0894. The van der Waals surface area contributed by atoms with Crippen LogP contribution in [0.5, 0.6) is 0 Å². The van der Waals surface area contributed by atoms with Crippen molar-refractivity contribution < 1.29 is 42.9 Å². The topological polar surface area (TPSA) is 162 Å². The maximum atomic E-state index is 11.7. The monoisotopic (exact) mass is 430 g/mol. The molecule has 0 unspecified atom stereocenters. The molecule has 0 aliphatic carbocycles. The van der Waals surface area contributed by atoms with Gasteiger partial charge in [0.25, 0.3) is 0 Å².